The second kappa shape index (κ2) is 12.5. The van der Waals surface area contributed by atoms with Crippen LogP contribution in [-0.2, 0) is 33.1 Å². The van der Waals surface area contributed by atoms with Crippen LogP contribution in [0.3, 0.4) is 0 Å². The Kier molecular flexibility index (Phi) is 8.36. The van der Waals surface area contributed by atoms with E-state index in [0.29, 0.717) is 51.7 Å². The van der Waals surface area contributed by atoms with Crippen LogP contribution in [0.25, 0.3) is 5.57 Å². The molecule has 0 amide bonds. The number of fused-ring (bicyclic) bond motifs is 3. The largest absolute Gasteiger partial charge is 0.744 e. The SMILES string of the molecule is C#CCCN(C)c1ccc(N=Nc2ccc3c(c2)Oc2c4c5c(cc2=C3c2ccc(S(=O)(=O)O)cc2S(=O)(=O)[O-])CCC[N+]=5CCC4)cc1. The highest BCUT2D eigenvalue weighted by molar-refractivity contribution is 7.86. The molecule has 0 radical (unpaired) electrons. The van der Waals surface area contributed by atoms with E-state index in [1.165, 1.54) is 6.07 Å². The number of rotatable bonds is 8. The molecule has 0 fully saturated rings. The smallest absolute Gasteiger partial charge is 0.294 e. The Morgan fingerprint density at radius 1 is 0.939 bits per heavy atom. The fourth-order valence-corrected chi connectivity index (χ4v) is 8.16. The number of aryl methyl sites for hydroxylation is 1. The molecule has 0 bridgehead atoms. The molecule has 13 heteroatoms. The predicted octanol–water partition coefficient (Wildman–Crippen LogP) is 4.45. The molecule has 0 spiro atoms. The number of nitrogens with zero attached hydrogens (tertiary/aromatic N) is 4. The topological polar surface area (TPSA) is 152 Å². The Labute approximate surface area is 284 Å². The lowest BCUT2D eigenvalue weighted by atomic mass is 9.87. The fraction of sp³-hybridized carbons (Fsp3) is 0.250. The van der Waals surface area contributed by atoms with Crippen LogP contribution < -0.4 is 24.8 Å². The Bertz CT molecular complexity index is 2450. The Morgan fingerprint density at radius 3 is 2.35 bits per heavy atom. The van der Waals surface area contributed by atoms with Crippen LogP contribution >= 0.6 is 0 Å². The molecule has 0 atom stereocenters. The summed E-state index contributed by atoms with van der Waals surface area (Å²) in [5.74, 6) is 3.57. The van der Waals surface area contributed by atoms with Crippen molar-refractivity contribution in [3.63, 3.8) is 0 Å². The van der Waals surface area contributed by atoms with Crippen LogP contribution in [0, 0.1) is 12.3 Å². The second-order valence-electron chi connectivity index (χ2n) is 12.3. The summed E-state index contributed by atoms with van der Waals surface area (Å²) in [4.78, 5) is 0.594. The third kappa shape index (κ3) is 6.24. The van der Waals surface area contributed by atoms with Crippen molar-refractivity contribution in [1.82, 2.24) is 4.58 Å². The quantitative estimate of drug-likeness (QED) is 0.108. The lowest BCUT2D eigenvalue weighted by Crippen LogP contribution is -2.45. The number of terminal acetylenes is 1. The van der Waals surface area contributed by atoms with Crippen molar-refractivity contribution in [2.75, 3.05) is 31.6 Å². The standard InChI is InChI=1S/C36H32N4O7S2/c1-3-4-17-39(2)26-12-9-24(10-13-26)37-38-25-11-15-28-32(21-25)47-36-30-8-6-19-40-18-5-7-23(35(30)40)20-31(36)34(28)29-16-14-27(48(41,42)43)22-33(29)49(44,45)46/h1,9-16,20-22H,4-8,17-19H2,2H3,(H-,41,42,43,44,45,46). The van der Waals surface area contributed by atoms with Gasteiger partial charge in [-0.05, 0) is 67.4 Å². The summed E-state index contributed by atoms with van der Waals surface area (Å²) in [6, 6.07) is 17.7. The van der Waals surface area contributed by atoms with E-state index in [9.17, 15) is 25.9 Å². The summed E-state index contributed by atoms with van der Waals surface area (Å²) >= 11 is 0. The third-order valence-corrected chi connectivity index (χ3v) is 10.9. The van der Waals surface area contributed by atoms with Crippen molar-refractivity contribution in [3.05, 3.63) is 99.6 Å². The molecule has 49 heavy (non-hydrogen) atoms. The van der Waals surface area contributed by atoms with E-state index in [1.807, 2.05) is 37.4 Å². The Balaban J connectivity index is 1.39. The minimum absolute atomic E-state index is 0.00510. The predicted molar refractivity (Wildman–Crippen MR) is 183 cm³/mol. The summed E-state index contributed by atoms with van der Waals surface area (Å²) in [5.41, 5.74) is 5.10. The van der Waals surface area contributed by atoms with Gasteiger partial charge in [-0.1, -0.05) is 6.07 Å². The first kappa shape index (κ1) is 32.7. The molecule has 0 aromatic heterocycles. The van der Waals surface area contributed by atoms with E-state index in [-0.39, 0.29) is 5.56 Å². The maximum atomic E-state index is 12.7. The number of benzene rings is 4. The van der Waals surface area contributed by atoms with Gasteiger partial charge in [0.05, 0.1) is 26.7 Å². The molecule has 250 valence electrons. The zero-order chi connectivity index (χ0) is 34.5. The molecular weight excluding hydrogens is 665 g/mol. The number of hydrogen-bond donors (Lipinski definition) is 1. The molecule has 0 aliphatic carbocycles. The van der Waals surface area contributed by atoms with E-state index in [4.69, 9.17) is 11.2 Å². The first-order valence-corrected chi connectivity index (χ1v) is 18.6. The minimum atomic E-state index is -5.20. The van der Waals surface area contributed by atoms with Gasteiger partial charge < -0.3 is 14.2 Å². The Hall–Kier alpha value is -4.87. The van der Waals surface area contributed by atoms with Crippen LogP contribution in [0.15, 0.2) is 86.7 Å². The van der Waals surface area contributed by atoms with Gasteiger partial charge in [-0.25, -0.2) is 13.0 Å². The zero-order valence-corrected chi connectivity index (χ0v) is 28.2. The van der Waals surface area contributed by atoms with Gasteiger partial charge in [0.1, 0.15) is 34.7 Å². The third-order valence-electron chi connectivity index (χ3n) is 9.14. The summed E-state index contributed by atoms with van der Waals surface area (Å²) in [5, 5.41) is 10.6. The summed E-state index contributed by atoms with van der Waals surface area (Å²) in [6.07, 6.45) is 9.45. The number of hydrogen-bond acceptors (Lipinski definition) is 9. The van der Waals surface area contributed by atoms with Crippen molar-refractivity contribution < 1.29 is 30.7 Å². The second-order valence-corrected chi connectivity index (χ2v) is 15.0. The van der Waals surface area contributed by atoms with Crippen LogP contribution in [0.1, 0.15) is 41.5 Å². The van der Waals surface area contributed by atoms with Crippen LogP contribution in [0.4, 0.5) is 17.1 Å². The van der Waals surface area contributed by atoms with Gasteiger partial charge in [0.25, 0.3) is 10.1 Å². The van der Waals surface area contributed by atoms with E-state index in [0.717, 1.165) is 73.6 Å². The molecule has 7 rings (SSSR count). The highest BCUT2D eigenvalue weighted by atomic mass is 32.2. The number of azo groups is 1. The maximum absolute atomic E-state index is 12.7. The van der Waals surface area contributed by atoms with Crippen molar-refractivity contribution in [3.8, 4) is 23.8 Å². The molecule has 0 saturated carbocycles. The van der Waals surface area contributed by atoms with Crippen molar-refractivity contribution >= 4 is 42.9 Å². The van der Waals surface area contributed by atoms with Crippen molar-refractivity contribution in [2.24, 2.45) is 10.2 Å². The van der Waals surface area contributed by atoms with Gasteiger partial charge in [0.15, 0.2) is 0 Å². The van der Waals surface area contributed by atoms with Gasteiger partial charge >= 0.3 is 0 Å². The minimum Gasteiger partial charge on any atom is -0.744 e. The molecule has 3 aliphatic rings. The lowest BCUT2D eigenvalue weighted by Gasteiger charge is -2.27. The molecule has 4 aromatic carbocycles. The maximum Gasteiger partial charge on any atom is 0.294 e. The molecule has 4 aromatic rings. The average molecular weight is 697 g/mol. The molecule has 0 saturated heterocycles. The summed E-state index contributed by atoms with van der Waals surface area (Å²) in [6.45, 7) is 2.58. The first-order chi connectivity index (χ1) is 23.4. The monoisotopic (exact) mass is 696 g/mol. The fourth-order valence-electron chi connectivity index (χ4n) is 6.87. The number of ether oxygens (including phenoxy) is 1. The molecule has 3 heterocycles. The van der Waals surface area contributed by atoms with Crippen LogP contribution in [0.2, 0.25) is 0 Å². The number of anilines is 1. The van der Waals surface area contributed by atoms with Gasteiger partial charge in [-0.2, -0.15) is 18.6 Å². The summed E-state index contributed by atoms with van der Waals surface area (Å²) in [7, 11) is -8.04. The van der Waals surface area contributed by atoms with Gasteiger partial charge in [0, 0.05) is 72.1 Å². The highest BCUT2D eigenvalue weighted by Gasteiger charge is 2.32. The zero-order valence-electron chi connectivity index (χ0n) is 26.6. The van der Waals surface area contributed by atoms with Gasteiger partial charge in [-0.15, -0.1) is 12.3 Å². The lowest BCUT2D eigenvalue weighted by molar-refractivity contribution is 0.437. The van der Waals surface area contributed by atoms with Gasteiger partial charge in [-0.3, -0.25) is 4.55 Å². The molecule has 1 N–H and O–H groups in total. The molecular formula is C36H32N4O7S2. The van der Waals surface area contributed by atoms with E-state index in [1.54, 1.807) is 18.2 Å². The average Bonchev–Trinajstić information content (AvgIpc) is 3.08. The molecule has 11 nitrogen and oxygen atoms in total. The molecule has 3 aliphatic heterocycles. The molecule has 0 unspecified atom stereocenters. The normalized spacial score (nSPS) is 15.2. The Morgan fingerprint density at radius 2 is 1.63 bits per heavy atom. The van der Waals surface area contributed by atoms with E-state index >= 15 is 0 Å². The van der Waals surface area contributed by atoms with Crippen molar-refractivity contribution in [2.45, 2.75) is 41.9 Å². The van der Waals surface area contributed by atoms with E-state index in [2.05, 4.69) is 25.6 Å². The summed E-state index contributed by atoms with van der Waals surface area (Å²) < 4.78 is 80.6. The highest BCUT2D eigenvalue weighted by Crippen LogP contribution is 2.42. The van der Waals surface area contributed by atoms with Crippen LogP contribution in [-0.4, -0.2) is 52.6 Å². The van der Waals surface area contributed by atoms with E-state index < -0.39 is 30.0 Å². The van der Waals surface area contributed by atoms with Crippen molar-refractivity contribution in [1.29, 1.82) is 0 Å². The first-order valence-electron chi connectivity index (χ1n) is 15.8. The van der Waals surface area contributed by atoms with Gasteiger partial charge in [0.2, 0.25) is 5.36 Å². The van der Waals surface area contributed by atoms with Crippen LogP contribution in [0.5, 0.6) is 11.5 Å².